The maximum atomic E-state index is 12.6. The molecule has 0 fully saturated rings. The van der Waals surface area contributed by atoms with Gasteiger partial charge in [-0.2, -0.15) is 0 Å². The summed E-state index contributed by atoms with van der Waals surface area (Å²) in [7, 11) is 0. The van der Waals surface area contributed by atoms with Crippen LogP contribution in [0.15, 0.2) is 52.0 Å². The van der Waals surface area contributed by atoms with Gasteiger partial charge in [0.1, 0.15) is 5.58 Å². The van der Waals surface area contributed by atoms with Gasteiger partial charge in [-0.05, 0) is 56.3 Å². The number of carbonyl (C=O) groups excluding carboxylic acids is 2. The number of fused-ring (bicyclic) bond motifs is 1. The second-order valence-corrected chi connectivity index (χ2v) is 8.88. The third-order valence-corrected chi connectivity index (χ3v) is 6.35. The number of rotatable bonds is 8. The minimum atomic E-state index is -0.486. The van der Waals surface area contributed by atoms with E-state index in [1.165, 1.54) is 23.9 Å². The van der Waals surface area contributed by atoms with Crippen LogP contribution in [0.1, 0.15) is 24.2 Å². The molecule has 2 heterocycles. The van der Waals surface area contributed by atoms with Crippen molar-refractivity contribution < 1.29 is 18.7 Å². The van der Waals surface area contributed by atoms with E-state index in [1.54, 1.807) is 25.1 Å². The number of halogens is 2. The van der Waals surface area contributed by atoms with Gasteiger partial charge >= 0.3 is 5.97 Å². The summed E-state index contributed by atoms with van der Waals surface area (Å²) < 4.78 is 12.8. The Morgan fingerprint density at radius 3 is 2.71 bits per heavy atom. The summed E-state index contributed by atoms with van der Waals surface area (Å²) in [5.74, 6) is 0.390. The Morgan fingerprint density at radius 2 is 1.94 bits per heavy atom. The number of nitrogens with zero attached hydrogens (tertiary/aromatic N) is 3. The molecular weight excluding hydrogens is 499 g/mol. The van der Waals surface area contributed by atoms with E-state index in [0.29, 0.717) is 50.2 Å². The molecule has 1 amide bonds. The Hall–Kier alpha value is -3.01. The number of thioether (sulfide) groups is 1. The second-order valence-electron chi connectivity index (χ2n) is 7.10. The van der Waals surface area contributed by atoms with Crippen LogP contribution in [0.5, 0.6) is 0 Å². The molecule has 0 aliphatic carbocycles. The number of amides is 1. The Kier molecular flexibility index (Phi) is 7.45. The van der Waals surface area contributed by atoms with E-state index in [4.69, 9.17) is 32.4 Å². The highest BCUT2D eigenvalue weighted by Crippen LogP contribution is 2.31. The average molecular weight is 519 g/mol. The van der Waals surface area contributed by atoms with Gasteiger partial charge in [0, 0.05) is 17.0 Å². The van der Waals surface area contributed by atoms with Crippen LogP contribution in [0.25, 0.3) is 22.6 Å². The number of esters is 1. The van der Waals surface area contributed by atoms with Crippen molar-refractivity contribution >= 4 is 63.5 Å². The lowest BCUT2D eigenvalue weighted by Crippen LogP contribution is -2.15. The van der Waals surface area contributed by atoms with Gasteiger partial charge in [-0.25, -0.2) is 4.79 Å². The quantitative estimate of drug-likeness (QED) is 0.228. The average Bonchev–Trinajstić information content (AvgIpc) is 3.42. The van der Waals surface area contributed by atoms with E-state index in [-0.39, 0.29) is 18.3 Å². The van der Waals surface area contributed by atoms with Crippen LogP contribution in [0.4, 0.5) is 5.69 Å². The van der Waals surface area contributed by atoms with Gasteiger partial charge in [0.2, 0.25) is 11.7 Å². The zero-order valence-corrected chi connectivity index (χ0v) is 20.6. The molecule has 2 aromatic carbocycles. The van der Waals surface area contributed by atoms with Crippen molar-refractivity contribution in [3.05, 3.63) is 58.1 Å². The van der Waals surface area contributed by atoms with Gasteiger partial charge < -0.3 is 14.5 Å². The number of carbonyl (C=O) groups is 2. The molecule has 0 saturated carbocycles. The molecule has 0 aliphatic rings. The van der Waals surface area contributed by atoms with Crippen molar-refractivity contribution in [2.75, 3.05) is 17.7 Å². The summed E-state index contributed by atoms with van der Waals surface area (Å²) in [6.07, 6.45) is 0. The fourth-order valence-corrected chi connectivity index (χ4v) is 4.41. The predicted molar refractivity (Wildman–Crippen MR) is 133 cm³/mol. The molecule has 0 atom stereocenters. The minimum absolute atomic E-state index is 0.0633. The molecule has 4 aromatic rings. The van der Waals surface area contributed by atoms with Crippen LogP contribution < -0.4 is 5.32 Å². The molecule has 0 unspecified atom stereocenters. The molecule has 0 aliphatic heterocycles. The summed E-state index contributed by atoms with van der Waals surface area (Å²) in [4.78, 5) is 24.5. The zero-order valence-electron chi connectivity index (χ0n) is 18.3. The number of nitrogens with one attached hydrogen (secondary N) is 1. The third-order valence-electron chi connectivity index (χ3n) is 4.82. The number of ether oxygens (including phenoxy) is 1. The van der Waals surface area contributed by atoms with E-state index >= 15 is 0 Å². The number of benzene rings is 2. The lowest BCUT2D eigenvalue weighted by atomic mass is 10.2. The highest BCUT2D eigenvalue weighted by atomic mass is 35.5. The van der Waals surface area contributed by atoms with Crippen LogP contribution in [0.3, 0.4) is 0 Å². The Labute approximate surface area is 209 Å². The molecule has 11 heteroatoms. The van der Waals surface area contributed by atoms with Crippen LogP contribution in [0.2, 0.25) is 10.0 Å². The fraction of sp³-hybridized carbons (Fsp3) is 0.217. The first-order valence-electron chi connectivity index (χ1n) is 10.4. The summed E-state index contributed by atoms with van der Waals surface area (Å²) in [5, 5.41) is 13.6. The molecule has 0 saturated heterocycles. The van der Waals surface area contributed by atoms with Crippen molar-refractivity contribution in [3.63, 3.8) is 0 Å². The summed E-state index contributed by atoms with van der Waals surface area (Å²) >= 11 is 13.5. The van der Waals surface area contributed by atoms with Crippen molar-refractivity contribution in [1.29, 1.82) is 0 Å². The number of hydrogen-bond acceptors (Lipinski definition) is 7. The Morgan fingerprint density at radius 1 is 1.12 bits per heavy atom. The maximum Gasteiger partial charge on any atom is 0.338 e. The highest BCUT2D eigenvalue weighted by Gasteiger charge is 2.19. The molecule has 0 bridgehead atoms. The van der Waals surface area contributed by atoms with E-state index < -0.39 is 5.97 Å². The van der Waals surface area contributed by atoms with Crippen LogP contribution in [-0.4, -0.2) is 39.0 Å². The normalized spacial score (nSPS) is 11.1. The van der Waals surface area contributed by atoms with E-state index in [9.17, 15) is 9.59 Å². The van der Waals surface area contributed by atoms with Crippen molar-refractivity contribution in [1.82, 2.24) is 14.8 Å². The van der Waals surface area contributed by atoms with Gasteiger partial charge in [-0.3, -0.25) is 9.36 Å². The smallest absolute Gasteiger partial charge is 0.338 e. The van der Waals surface area contributed by atoms with Crippen LogP contribution in [0, 0.1) is 0 Å². The number of hydrogen-bond donors (Lipinski definition) is 1. The maximum absolute atomic E-state index is 12.6. The number of anilines is 1. The fourth-order valence-electron chi connectivity index (χ4n) is 3.27. The molecule has 8 nitrogen and oxygen atoms in total. The summed E-state index contributed by atoms with van der Waals surface area (Å²) in [6.45, 7) is 4.51. The first kappa shape index (κ1) is 24.1. The standard InChI is InChI=1S/C23H20Cl2N4O4S/c1-3-29-21(19-11-14-9-15(24)6-8-18(14)33-19)27-28-23(29)34-12-20(30)26-17-10-13(5-7-16(17)25)22(31)32-4-2/h5-11H,3-4,12H2,1-2H3,(H,26,30). The van der Waals surface area contributed by atoms with Crippen molar-refractivity contribution in [2.45, 2.75) is 25.5 Å². The largest absolute Gasteiger partial charge is 0.462 e. The molecule has 0 spiro atoms. The monoisotopic (exact) mass is 518 g/mol. The minimum Gasteiger partial charge on any atom is -0.462 e. The topological polar surface area (TPSA) is 99.2 Å². The van der Waals surface area contributed by atoms with E-state index in [0.717, 1.165) is 5.39 Å². The lowest BCUT2D eigenvalue weighted by molar-refractivity contribution is -0.113. The van der Waals surface area contributed by atoms with Crippen LogP contribution >= 0.6 is 35.0 Å². The molecule has 1 N–H and O–H groups in total. The molecule has 0 radical (unpaired) electrons. The first-order valence-corrected chi connectivity index (χ1v) is 12.2. The molecule has 2 aromatic heterocycles. The molecule has 4 rings (SSSR count). The zero-order chi connectivity index (χ0) is 24.2. The van der Waals surface area contributed by atoms with Gasteiger partial charge in [-0.1, -0.05) is 35.0 Å². The molecule has 176 valence electrons. The van der Waals surface area contributed by atoms with Crippen molar-refractivity contribution in [3.8, 4) is 11.6 Å². The van der Waals surface area contributed by atoms with Crippen LogP contribution in [-0.2, 0) is 16.1 Å². The number of aromatic nitrogens is 3. The molecule has 34 heavy (non-hydrogen) atoms. The summed E-state index contributed by atoms with van der Waals surface area (Å²) in [5.41, 5.74) is 1.33. The third kappa shape index (κ3) is 5.22. The van der Waals surface area contributed by atoms with Gasteiger partial charge in [-0.15, -0.1) is 10.2 Å². The predicted octanol–water partition coefficient (Wildman–Crippen LogP) is 5.93. The SMILES string of the molecule is CCOC(=O)c1ccc(Cl)c(NC(=O)CSc2nnc(-c3cc4cc(Cl)ccc4o3)n2CC)c1. The lowest BCUT2D eigenvalue weighted by Gasteiger charge is -2.10. The van der Waals surface area contributed by atoms with E-state index in [2.05, 4.69) is 15.5 Å². The van der Waals surface area contributed by atoms with E-state index in [1.807, 2.05) is 23.6 Å². The van der Waals surface area contributed by atoms with Crippen molar-refractivity contribution in [2.24, 2.45) is 0 Å². The number of furan rings is 1. The Bertz CT molecular complexity index is 1370. The van der Waals surface area contributed by atoms with Gasteiger partial charge in [0.05, 0.1) is 28.6 Å². The molecular formula is C23H20Cl2N4O4S. The second kappa shape index (κ2) is 10.5. The Balaban J connectivity index is 1.47. The van der Waals surface area contributed by atoms with Gasteiger partial charge in [0.25, 0.3) is 0 Å². The highest BCUT2D eigenvalue weighted by molar-refractivity contribution is 7.99. The first-order chi connectivity index (χ1) is 16.4. The summed E-state index contributed by atoms with van der Waals surface area (Å²) in [6, 6.07) is 11.8. The van der Waals surface area contributed by atoms with Gasteiger partial charge in [0.15, 0.2) is 10.9 Å².